The minimum absolute atomic E-state index is 0.311. The van der Waals surface area contributed by atoms with Crippen molar-refractivity contribution in [1.29, 1.82) is 0 Å². The summed E-state index contributed by atoms with van der Waals surface area (Å²) in [5.74, 6) is -2.51. The summed E-state index contributed by atoms with van der Waals surface area (Å²) in [6.07, 6.45) is 17.6. The molecule has 0 spiro atoms. The second kappa shape index (κ2) is 17.0. The number of hydrogen-bond acceptors (Lipinski definition) is 4. The highest BCUT2D eigenvalue weighted by atomic mass is 32.2. The van der Waals surface area contributed by atoms with Gasteiger partial charge in [0.05, 0.1) is 0 Å². The zero-order chi connectivity index (χ0) is 32.1. The minimum Gasteiger partial charge on any atom is -0.478 e. The van der Waals surface area contributed by atoms with Crippen LogP contribution in [0.2, 0.25) is 0 Å². The van der Waals surface area contributed by atoms with Crippen LogP contribution in [-0.2, 0) is 9.59 Å². The minimum atomic E-state index is -1.26. The van der Waals surface area contributed by atoms with Crippen molar-refractivity contribution >= 4 is 29.3 Å². The molecule has 2 N–H and O–H groups in total. The average Bonchev–Trinajstić information content (AvgIpc) is 3.01. The first kappa shape index (κ1) is 34.9. The van der Waals surface area contributed by atoms with Gasteiger partial charge in [-0.3, -0.25) is 0 Å². The number of nitrogens with zero attached hydrogens (tertiary/aromatic N) is 1. The summed E-state index contributed by atoms with van der Waals surface area (Å²) in [7, 11) is 2.22. The highest BCUT2D eigenvalue weighted by Crippen LogP contribution is 2.47. The fraction of sp³-hybridized carbons (Fsp3) is 0.368. The summed E-state index contributed by atoms with van der Waals surface area (Å²) >= 11 is 1.91. The van der Waals surface area contributed by atoms with Crippen molar-refractivity contribution in [1.82, 2.24) is 4.90 Å². The monoisotopic (exact) mass is 613 g/mol. The van der Waals surface area contributed by atoms with Gasteiger partial charge in [-0.1, -0.05) is 103 Å². The summed E-state index contributed by atoms with van der Waals surface area (Å²) in [5.41, 5.74) is 9.34. The molecule has 2 aromatic carbocycles. The third kappa shape index (κ3) is 11.5. The molecule has 1 saturated heterocycles. The van der Waals surface area contributed by atoms with E-state index in [-0.39, 0.29) is 0 Å². The second-order valence-electron chi connectivity index (χ2n) is 12.3. The van der Waals surface area contributed by atoms with Gasteiger partial charge < -0.3 is 15.1 Å². The Labute approximate surface area is 267 Å². The van der Waals surface area contributed by atoms with Crippen molar-refractivity contribution < 1.29 is 19.8 Å². The predicted octanol–water partition coefficient (Wildman–Crippen LogP) is 9.43. The third-order valence-corrected chi connectivity index (χ3v) is 9.01. The topological polar surface area (TPSA) is 77.8 Å². The maximum Gasteiger partial charge on any atom is 0.328 e. The lowest BCUT2D eigenvalue weighted by molar-refractivity contribution is -0.134. The van der Waals surface area contributed by atoms with Crippen molar-refractivity contribution in [3.63, 3.8) is 0 Å². The number of fused-ring (bicyclic) bond motifs is 2. The van der Waals surface area contributed by atoms with Gasteiger partial charge in [0.15, 0.2) is 0 Å². The number of hydrogen-bond donors (Lipinski definition) is 2. The lowest BCUT2D eigenvalue weighted by atomic mass is 9.87. The van der Waals surface area contributed by atoms with Crippen LogP contribution in [0.4, 0.5) is 0 Å². The Morgan fingerprint density at radius 3 is 1.91 bits per heavy atom. The van der Waals surface area contributed by atoms with Gasteiger partial charge in [-0.05, 0) is 93.7 Å². The molecule has 1 fully saturated rings. The first-order valence-corrected chi connectivity index (χ1v) is 16.2. The first-order valence-electron chi connectivity index (χ1n) is 15.4. The Kier molecular flexibility index (Phi) is 13.5. The van der Waals surface area contributed by atoms with E-state index in [9.17, 15) is 9.59 Å². The maximum atomic E-state index is 9.55. The van der Waals surface area contributed by atoms with E-state index >= 15 is 0 Å². The van der Waals surface area contributed by atoms with Gasteiger partial charge >= 0.3 is 11.9 Å². The number of rotatable bonds is 2. The number of carboxylic acid groups (broad SMARTS) is 2. The van der Waals surface area contributed by atoms with Crippen LogP contribution in [0, 0.1) is 5.41 Å². The highest BCUT2D eigenvalue weighted by Gasteiger charge is 2.24. The molecule has 0 atom stereocenters. The van der Waals surface area contributed by atoms with Gasteiger partial charge in [0.25, 0.3) is 0 Å². The van der Waals surface area contributed by atoms with Crippen LogP contribution in [-0.4, -0.2) is 47.2 Å². The molecule has 5 rings (SSSR count). The lowest BCUT2D eigenvalue weighted by Gasteiger charge is -2.30. The number of benzene rings is 2. The summed E-state index contributed by atoms with van der Waals surface area (Å²) in [6, 6.07) is 17.7. The van der Waals surface area contributed by atoms with Crippen LogP contribution < -0.4 is 0 Å². The standard InChI is InChI=1S/C19H19NS.C15H24.C4H4O4/c1-20-12-10-14(11-13-20)19-15-6-2-4-8-17(15)21-18-9-5-3-7-16(18)19;1-13-7-5-8-14(2)10-12-15(3,4)11-6-9-13;5-3(6)1-2-4(7)8/h2-9H,10-13H2,1H3;6-7,10-11H,5,8-9,12H2,1-4H3;1-2H,(H,5,6)(H,7,8). The van der Waals surface area contributed by atoms with Gasteiger partial charge in [-0.2, -0.15) is 0 Å². The SMILES string of the molecule is CC1=CCCC(C)=CCC(C)(C)C=CC1.CN1CCC(=C2c3ccccc3Sc3ccccc32)CC1.O=C(O)C=CC(=O)O. The van der Waals surface area contributed by atoms with Gasteiger partial charge in [0.2, 0.25) is 0 Å². The van der Waals surface area contributed by atoms with Crippen molar-refractivity contribution in [3.8, 4) is 0 Å². The Balaban J connectivity index is 0.000000202. The van der Waals surface area contributed by atoms with Crippen LogP contribution in [0.15, 0.2) is 111 Å². The van der Waals surface area contributed by atoms with E-state index in [1.165, 1.54) is 76.4 Å². The third-order valence-electron chi connectivity index (χ3n) is 7.86. The Morgan fingerprint density at radius 2 is 1.36 bits per heavy atom. The number of likely N-dealkylation sites (tertiary alicyclic amines) is 1. The molecule has 1 aliphatic carbocycles. The van der Waals surface area contributed by atoms with Crippen LogP contribution in [0.25, 0.3) is 5.57 Å². The quantitative estimate of drug-likeness (QED) is 0.221. The zero-order valence-electron chi connectivity index (χ0n) is 26.8. The molecule has 0 saturated carbocycles. The van der Waals surface area contributed by atoms with Crippen LogP contribution in [0.5, 0.6) is 0 Å². The first-order chi connectivity index (χ1) is 20.9. The molecule has 0 aromatic heterocycles. The van der Waals surface area contributed by atoms with E-state index in [0.717, 1.165) is 12.8 Å². The largest absolute Gasteiger partial charge is 0.478 e. The van der Waals surface area contributed by atoms with E-state index in [1.54, 1.807) is 5.57 Å². The van der Waals surface area contributed by atoms with Crippen molar-refractivity contribution in [3.05, 3.63) is 113 Å². The molecule has 2 aliphatic heterocycles. The average molecular weight is 614 g/mol. The molecule has 6 heteroatoms. The number of carboxylic acids is 2. The fourth-order valence-electron chi connectivity index (χ4n) is 5.25. The van der Waals surface area contributed by atoms with Crippen LogP contribution in [0.1, 0.15) is 77.3 Å². The maximum absolute atomic E-state index is 9.55. The van der Waals surface area contributed by atoms with Gasteiger partial charge in [-0.25, -0.2) is 9.59 Å². The fourth-order valence-corrected chi connectivity index (χ4v) is 6.34. The van der Waals surface area contributed by atoms with Crippen molar-refractivity contribution in [2.24, 2.45) is 5.41 Å². The molecule has 234 valence electrons. The van der Waals surface area contributed by atoms with Gasteiger partial charge in [-0.15, -0.1) is 0 Å². The Hall–Kier alpha value is -3.61. The van der Waals surface area contributed by atoms with E-state index in [1.807, 2.05) is 11.8 Å². The highest BCUT2D eigenvalue weighted by molar-refractivity contribution is 7.99. The molecule has 0 radical (unpaired) electrons. The number of carbonyl (C=O) groups is 2. The van der Waals surface area contributed by atoms with E-state index in [0.29, 0.717) is 17.6 Å². The number of allylic oxidation sites excluding steroid dienone is 6. The predicted molar refractivity (Wildman–Crippen MR) is 183 cm³/mol. The van der Waals surface area contributed by atoms with Gasteiger partial charge in [0, 0.05) is 35.0 Å². The molecule has 3 aliphatic rings. The Morgan fingerprint density at radius 1 is 0.818 bits per heavy atom. The molecular formula is C38H47NO4S. The molecule has 0 amide bonds. The molecule has 2 aromatic rings. The summed E-state index contributed by atoms with van der Waals surface area (Å²) < 4.78 is 0. The molecule has 44 heavy (non-hydrogen) atoms. The van der Waals surface area contributed by atoms with Crippen molar-refractivity contribution in [2.75, 3.05) is 20.1 Å². The van der Waals surface area contributed by atoms with Crippen LogP contribution in [0.3, 0.4) is 0 Å². The zero-order valence-corrected chi connectivity index (χ0v) is 27.6. The van der Waals surface area contributed by atoms with Gasteiger partial charge in [0.1, 0.15) is 0 Å². The summed E-state index contributed by atoms with van der Waals surface area (Å²) in [5, 5.41) is 15.6. The van der Waals surface area contributed by atoms with Crippen LogP contribution >= 0.6 is 11.8 Å². The molecule has 0 bridgehead atoms. The molecule has 5 nitrogen and oxygen atoms in total. The Bertz CT molecular complexity index is 1390. The van der Waals surface area contributed by atoms with E-state index < -0.39 is 11.9 Å². The molecular weight excluding hydrogens is 566 g/mol. The lowest BCUT2D eigenvalue weighted by Crippen LogP contribution is -2.27. The van der Waals surface area contributed by atoms with E-state index in [2.05, 4.69) is 112 Å². The normalized spacial score (nSPS) is 18.2. The summed E-state index contributed by atoms with van der Waals surface area (Å²) in [4.78, 5) is 24.3. The number of aliphatic carboxylic acids is 2. The molecule has 0 unspecified atom stereocenters. The van der Waals surface area contributed by atoms with Crippen molar-refractivity contribution in [2.45, 2.75) is 76.0 Å². The van der Waals surface area contributed by atoms with E-state index in [4.69, 9.17) is 10.2 Å². The second-order valence-corrected chi connectivity index (χ2v) is 13.4. The number of piperidine rings is 1. The molecule has 2 heterocycles. The smallest absolute Gasteiger partial charge is 0.328 e. The summed E-state index contributed by atoms with van der Waals surface area (Å²) in [6.45, 7) is 11.5.